The molecule has 0 atom stereocenters. The Morgan fingerprint density at radius 1 is 1.16 bits per heavy atom. The van der Waals surface area contributed by atoms with Crippen molar-refractivity contribution in [3.05, 3.63) is 71.0 Å². The average Bonchev–Trinajstić information content (AvgIpc) is 2.58. The van der Waals surface area contributed by atoms with E-state index in [0.717, 1.165) is 5.56 Å². The quantitative estimate of drug-likeness (QED) is 0.535. The molecule has 0 radical (unpaired) electrons. The van der Waals surface area contributed by atoms with Gasteiger partial charge in [0, 0.05) is 18.3 Å². The van der Waals surface area contributed by atoms with Crippen molar-refractivity contribution >= 4 is 22.9 Å². The highest BCUT2D eigenvalue weighted by atomic mass is 19.1. The molecule has 0 saturated carbocycles. The molecule has 2 nitrogen and oxygen atoms in total. The molecular formula is C22H21FN2. The summed E-state index contributed by atoms with van der Waals surface area (Å²) in [5.41, 5.74) is 5.75. The minimum Gasteiger partial charge on any atom is -0.366 e. The molecule has 2 aromatic rings. The summed E-state index contributed by atoms with van der Waals surface area (Å²) in [6.07, 6.45) is 4.11. The number of rotatable bonds is 2. The first-order chi connectivity index (χ1) is 11.8. The number of likely N-dealkylation sites (N-methyl/N-ethyl adjacent to an activating group) is 1. The third kappa shape index (κ3) is 3.21. The second kappa shape index (κ2) is 6.22. The molecule has 126 valence electrons. The highest BCUT2D eigenvalue weighted by molar-refractivity contribution is 5.91. The van der Waals surface area contributed by atoms with Gasteiger partial charge in [-0.2, -0.15) is 5.26 Å². The van der Waals surface area contributed by atoms with Crippen LogP contribution in [0.4, 0.5) is 10.1 Å². The lowest BCUT2D eigenvalue weighted by atomic mass is 9.88. The van der Waals surface area contributed by atoms with Crippen molar-refractivity contribution in [2.45, 2.75) is 26.3 Å². The highest BCUT2D eigenvalue weighted by Gasteiger charge is 2.28. The van der Waals surface area contributed by atoms with Crippen LogP contribution in [0.25, 0.3) is 17.2 Å². The number of nitriles is 1. The fraction of sp³-hybridized carbons (Fsp3) is 0.227. The topological polar surface area (TPSA) is 27.0 Å². The average molecular weight is 332 g/mol. The Balaban J connectivity index is 2.04. The normalized spacial score (nSPS) is 16.1. The molecule has 0 aromatic heterocycles. The van der Waals surface area contributed by atoms with Crippen LogP contribution in [0.2, 0.25) is 0 Å². The maximum absolute atomic E-state index is 13.1. The molecule has 0 bridgehead atoms. The first-order valence-electron chi connectivity index (χ1n) is 8.27. The van der Waals surface area contributed by atoms with Crippen LogP contribution in [0, 0.1) is 17.1 Å². The lowest BCUT2D eigenvalue weighted by Crippen LogP contribution is -2.42. The predicted molar refractivity (Wildman–Crippen MR) is 102 cm³/mol. The van der Waals surface area contributed by atoms with Crippen molar-refractivity contribution in [3.8, 4) is 6.07 Å². The van der Waals surface area contributed by atoms with Crippen LogP contribution in [0.15, 0.2) is 48.5 Å². The molecular weight excluding hydrogens is 311 g/mol. The maximum Gasteiger partial charge on any atom is 0.123 e. The van der Waals surface area contributed by atoms with E-state index in [-0.39, 0.29) is 11.4 Å². The Kier molecular flexibility index (Phi) is 4.22. The second-order valence-corrected chi connectivity index (χ2v) is 6.99. The van der Waals surface area contributed by atoms with E-state index in [9.17, 15) is 9.65 Å². The molecule has 0 fully saturated rings. The molecule has 25 heavy (non-hydrogen) atoms. The summed E-state index contributed by atoms with van der Waals surface area (Å²) >= 11 is 0. The molecule has 0 aliphatic carbocycles. The van der Waals surface area contributed by atoms with E-state index in [0.29, 0.717) is 11.1 Å². The Hall–Kier alpha value is -2.86. The van der Waals surface area contributed by atoms with Gasteiger partial charge in [0.2, 0.25) is 0 Å². The van der Waals surface area contributed by atoms with Crippen molar-refractivity contribution in [1.82, 2.24) is 0 Å². The van der Waals surface area contributed by atoms with E-state index < -0.39 is 0 Å². The van der Waals surface area contributed by atoms with Gasteiger partial charge in [0.05, 0.1) is 17.2 Å². The van der Waals surface area contributed by atoms with Gasteiger partial charge in [0.15, 0.2) is 0 Å². The summed E-state index contributed by atoms with van der Waals surface area (Å²) in [4.78, 5) is 2.26. The summed E-state index contributed by atoms with van der Waals surface area (Å²) in [6, 6.07) is 14.4. The summed E-state index contributed by atoms with van der Waals surface area (Å²) in [5.74, 6) is -0.304. The van der Waals surface area contributed by atoms with E-state index >= 15 is 0 Å². The number of hydrogen-bond donors (Lipinski definition) is 0. The Morgan fingerprint density at radius 3 is 2.48 bits per heavy atom. The van der Waals surface area contributed by atoms with Gasteiger partial charge >= 0.3 is 0 Å². The van der Waals surface area contributed by atoms with Crippen LogP contribution in [0.1, 0.15) is 37.5 Å². The standard InChI is InChI=1S/C22H21FN2/c1-15-13-22(2,3)25(4)21-10-5-16(12-20(15)21)11-18(14-24)17-6-8-19(23)9-7-17/h5-13H,1-4H3/b18-11-. The summed E-state index contributed by atoms with van der Waals surface area (Å²) in [5, 5.41) is 9.48. The van der Waals surface area contributed by atoms with E-state index in [1.807, 2.05) is 12.1 Å². The molecule has 0 amide bonds. The number of anilines is 1. The minimum atomic E-state index is -0.304. The van der Waals surface area contributed by atoms with E-state index in [1.165, 1.54) is 29.0 Å². The minimum absolute atomic E-state index is 0.0274. The van der Waals surface area contributed by atoms with Gasteiger partial charge in [-0.05, 0) is 67.8 Å². The van der Waals surface area contributed by atoms with Gasteiger partial charge < -0.3 is 4.90 Å². The second-order valence-electron chi connectivity index (χ2n) is 6.99. The number of allylic oxidation sites excluding steroid dienone is 2. The van der Waals surface area contributed by atoms with Crippen molar-refractivity contribution in [1.29, 1.82) is 5.26 Å². The van der Waals surface area contributed by atoms with Gasteiger partial charge in [-0.15, -0.1) is 0 Å². The fourth-order valence-corrected chi connectivity index (χ4v) is 3.24. The van der Waals surface area contributed by atoms with Crippen LogP contribution in [-0.4, -0.2) is 12.6 Å². The van der Waals surface area contributed by atoms with E-state index in [2.05, 4.69) is 57.0 Å². The zero-order valence-electron chi connectivity index (χ0n) is 15.0. The summed E-state index contributed by atoms with van der Waals surface area (Å²) < 4.78 is 13.1. The molecule has 3 rings (SSSR count). The van der Waals surface area contributed by atoms with Crippen molar-refractivity contribution in [2.75, 3.05) is 11.9 Å². The molecule has 2 aromatic carbocycles. The molecule has 0 saturated heterocycles. The molecule has 1 aliphatic heterocycles. The molecule has 1 aliphatic rings. The van der Waals surface area contributed by atoms with Gasteiger partial charge in [-0.3, -0.25) is 0 Å². The third-order valence-electron chi connectivity index (χ3n) is 4.83. The Bertz CT molecular complexity index is 912. The van der Waals surface area contributed by atoms with Crippen LogP contribution in [0.5, 0.6) is 0 Å². The highest BCUT2D eigenvalue weighted by Crippen LogP contribution is 2.38. The number of fused-ring (bicyclic) bond motifs is 1. The number of nitrogens with zero attached hydrogens (tertiary/aromatic N) is 2. The van der Waals surface area contributed by atoms with Gasteiger partial charge in [0.1, 0.15) is 5.82 Å². The van der Waals surface area contributed by atoms with E-state index in [1.54, 1.807) is 12.1 Å². The molecule has 0 unspecified atom stereocenters. The zero-order chi connectivity index (χ0) is 18.2. The van der Waals surface area contributed by atoms with Crippen LogP contribution in [0.3, 0.4) is 0 Å². The largest absolute Gasteiger partial charge is 0.366 e. The van der Waals surface area contributed by atoms with Gasteiger partial charge in [-0.1, -0.05) is 24.3 Å². The van der Waals surface area contributed by atoms with E-state index in [4.69, 9.17) is 0 Å². The lowest BCUT2D eigenvalue weighted by Gasteiger charge is -2.40. The predicted octanol–water partition coefficient (Wildman–Crippen LogP) is 5.52. The van der Waals surface area contributed by atoms with Gasteiger partial charge in [-0.25, -0.2) is 4.39 Å². The molecule has 1 heterocycles. The number of halogens is 1. The Labute approximate surface area is 148 Å². The smallest absolute Gasteiger partial charge is 0.123 e. The maximum atomic E-state index is 13.1. The number of benzene rings is 2. The number of hydrogen-bond acceptors (Lipinski definition) is 2. The first kappa shape index (κ1) is 17.0. The van der Waals surface area contributed by atoms with Gasteiger partial charge in [0.25, 0.3) is 0 Å². The molecule has 0 N–H and O–H groups in total. The molecule has 0 spiro atoms. The van der Waals surface area contributed by atoms with Crippen molar-refractivity contribution in [2.24, 2.45) is 0 Å². The van der Waals surface area contributed by atoms with Crippen LogP contribution in [-0.2, 0) is 0 Å². The van der Waals surface area contributed by atoms with Crippen LogP contribution >= 0.6 is 0 Å². The third-order valence-corrected chi connectivity index (χ3v) is 4.83. The summed E-state index contributed by atoms with van der Waals surface area (Å²) in [7, 11) is 2.09. The summed E-state index contributed by atoms with van der Waals surface area (Å²) in [6.45, 7) is 6.50. The lowest BCUT2D eigenvalue weighted by molar-refractivity contribution is 0.598. The molecule has 3 heteroatoms. The zero-order valence-corrected chi connectivity index (χ0v) is 15.0. The SMILES string of the molecule is CC1=CC(C)(C)N(C)c2ccc(/C=C(/C#N)c3ccc(F)cc3)cc21. The van der Waals surface area contributed by atoms with Crippen LogP contribution < -0.4 is 4.90 Å². The Morgan fingerprint density at radius 2 is 1.84 bits per heavy atom. The first-order valence-corrected chi connectivity index (χ1v) is 8.27. The monoisotopic (exact) mass is 332 g/mol. The van der Waals surface area contributed by atoms with Crippen molar-refractivity contribution < 1.29 is 4.39 Å². The van der Waals surface area contributed by atoms with Crippen molar-refractivity contribution in [3.63, 3.8) is 0 Å². The fourth-order valence-electron chi connectivity index (χ4n) is 3.24.